The van der Waals surface area contributed by atoms with Crippen molar-refractivity contribution in [2.45, 2.75) is 70.1 Å². The van der Waals surface area contributed by atoms with Gasteiger partial charge in [0.1, 0.15) is 29.5 Å². The third-order valence-corrected chi connectivity index (χ3v) is 11.8. The van der Waals surface area contributed by atoms with Crippen LogP contribution in [0.1, 0.15) is 74.9 Å². The van der Waals surface area contributed by atoms with Gasteiger partial charge in [-0.3, -0.25) is 14.9 Å². The number of likely N-dealkylation sites (tertiary alicyclic amines) is 2. The Hall–Kier alpha value is -6.49. The molecule has 5 atom stereocenters. The number of imidazole rings is 2. The molecule has 3 aromatic carbocycles. The molecule has 0 saturated carbocycles. The fourth-order valence-corrected chi connectivity index (χ4v) is 8.48. The van der Waals surface area contributed by atoms with E-state index in [2.05, 4.69) is 30.6 Å². The number of aromatic amines is 2. The Labute approximate surface area is 358 Å². The van der Waals surface area contributed by atoms with Crippen LogP contribution < -0.4 is 10.6 Å². The van der Waals surface area contributed by atoms with E-state index in [1.54, 1.807) is 28.3 Å². The van der Waals surface area contributed by atoms with Crippen LogP contribution >= 0.6 is 0 Å². The molecule has 0 radical (unpaired) electrons. The van der Waals surface area contributed by atoms with Crippen molar-refractivity contribution in [3.63, 3.8) is 0 Å². The minimum absolute atomic E-state index is 0.132. The molecule has 2 aliphatic heterocycles. The van der Waals surface area contributed by atoms with E-state index in [0.717, 1.165) is 41.4 Å². The quantitative estimate of drug-likeness (QED) is 0.0775. The number of halogens is 1. The monoisotopic (exact) mass is 843 g/mol. The summed E-state index contributed by atoms with van der Waals surface area (Å²) in [6, 6.07) is 21.6. The van der Waals surface area contributed by atoms with Crippen molar-refractivity contribution in [1.29, 1.82) is 0 Å². The van der Waals surface area contributed by atoms with Crippen LogP contribution in [0.25, 0.3) is 44.7 Å². The second kappa shape index (κ2) is 18.2. The zero-order valence-electron chi connectivity index (χ0n) is 35.0. The first-order chi connectivity index (χ1) is 30.0. The maximum atomic E-state index is 15.9. The highest BCUT2D eigenvalue weighted by Gasteiger charge is 2.39. The van der Waals surface area contributed by atoms with Crippen LogP contribution in [0.2, 0.25) is 0 Å². The number of carbonyl (C=O) groups is 3. The van der Waals surface area contributed by atoms with Crippen molar-refractivity contribution in [3.8, 4) is 33.8 Å². The van der Waals surface area contributed by atoms with Crippen LogP contribution in [-0.4, -0.2) is 97.5 Å². The minimum atomic E-state index is -1.34. The molecule has 2 fully saturated rings. The van der Waals surface area contributed by atoms with Gasteiger partial charge in [0.05, 0.1) is 54.2 Å². The lowest BCUT2D eigenvalue weighted by Gasteiger charge is -2.30. The Morgan fingerprint density at radius 2 is 1.48 bits per heavy atom. The molecule has 0 bridgehead atoms. The molecular formula is C46H50FN9O6. The molecule has 6 aromatic rings. The Kier molecular flexibility index (Phi) is 12.4. The average molecular weight is 844 g/mol. The zero-order valence-corrected chi connectivity index (χ0v) is 35.0. The van der Waals surface area contributed by atoms with E-state index in [1.807, 2.05) is 80.6 Å². The molecule has 2 aliphatic rings. The minimum Gasteiger partial charge on any atom is -0.453 e. The number of pyridine rings is 1. The molecule has 5 N–H and O–H groups in total. The number of aliphatic hydroxyl groups is 1. The molecule has 3 aromatic heterocycles. The first-order valence-electron chi connectivity index (χ1n) is 20.8. The van der Waals surface area contributed by atoms with Gasteiger partial charge in [-0.05, 0) is 67.5 Å². The number of benzene rings is 3. The molecule has 322 valence electrons. The van der Waals surface area contributed by atoms with Gasteiger partial charge in [-0.25, -0.2) is 24.1 Å². The standard InChI is InChI=1S/C46H50FN9O6/c1-26(2)39(53-45(59)61-3)43(57)55-20-8-12-37(55)41-48-24-35(51-41)29-16-19-33-28(22-29)15-18-34(50-33)30-14-17-31(32(47)23-30)36-25-49-42(52-36)38-13-9-21-56(38)44(58)40(54-46(60)62-4)27-10-6-5-7-11-27/h5-7,10-11,14-19,22-26,37-40,46,54,60H,8-9,12-13,20-21H2,1-4H3,(H,48,51)(H,49,52)(H,53,59). The summed E-state index contributed by atoms with van der Waals surface area (Å²) in [4.78, 5) is 63.9. The predicted molar refractivity (Wildman–Crippen MR) is 229 cm³/mol. The van der Waals surface area contributed by atoms with Gasteiger partial charge in [0, 0.05) is 42.3 Å². The van der Waals surface area contributed by atoms with E-state index in [-0.39, 0.29) is 29.8 Å². The van der Waals surface area contributed by atoms with Gasteiger partial charge in [0.25, 0.3) is 0 Å². The molecule has 0 spiro atoms. The van der Waals surface area contributed by atoms with Gasteiger partial charge in [0.15, 0.2) is 0 Å². The highest BCUT2D eigenvalue weighted by molar-refractivity contribution is 5.88. The Balaban J connectivity index is 0.959. The number of methoxy groups -OCH3 is 2. The largest absolute Gasteiger partial charge is 0.453 e. The summed E-state index contributed by atoms with van der Waals surface area (Å²) >= 11 is 0. The van der Waals surface area contributed by atoms with Crippen LogP contribution in [-0.2, 0) is 19.1 Å². The van der Waals surface area contributed by atoms with E-state index in [0.29, 0.717) is 59.2 Å². The van der Waals surface area contributed by atoms with E-state index in [4.69, 9.17) is 14.5 Å². The van der Waals surface area contributed by atoms with Crippen molar-refractivity contribution in [3.05, 3.63) is 114 Å². The van der Waals surface area contributed by atoms with Gasteiger partial charge in [-0.15, -0.1) is 0 Å². The second-order valence-electron chi connectivity index (χ2n) is 16.0. The van der Waals surface area contributed by atoms with E-state index in [9.17, 15) is 19.5 Å². The SMILES string of the molecule is COC(=O)NC(C(=O)N1CCCC1c1ncc(-c2ccc3nc(-c4ccc(-c5cnc(C6CCCN6C(=O)C(NC(O)OC)c6ccccc6)[nH]5)c(F)c4)ccc3c2)[nH]1)C(C)C. The fourth-order valence-electron chi connectivity index (χ4n) is 8.48. The number of alkyl carbamates (subject to hydrolysis) is 1. The molecule has 15 nitrogen and oxygen atoms in total. The molecule has 62 heavy (non-hydrogen) atoms. The van der Waals surface area contributed by atoms with Crippen LogP contribution in [0.3, 0.4) is 0 Å². The lowest BCUT2D eigenvalue weighted by atomic mass is 10.0. The number of hydrogen-bond acceptors (Lipinski definition) is 10. The van der Waals surface area contributed by atoms with Gasteiger partial charge in [-0.2, -0.15) is 0 Å². The molecule has 5 heterocycles. The third kappa shape index (κ3) is 8.66. The molecular weight excluding hydrogens is 794 g/mol. The number of rotatable bonds is 13. The lowest BCUT2D eigenvalue weighted by molar-refractivity contribution is -0.143. The lowest BCUT2D eigenvalue weighted by Crippen LogP contribution is -2.51. The number of aliphatic hydroxyl groups excluding tert-OH is 1. The number of hydrogen-bond donors (Lipinski definition) is 5. The van der Waals surface area contributed by atoms with Crippen molar-refractivity contribution in [2.75, 3.05) is 27.3 Å². The van der Waals surface area contributed by atoms with Gasteiger partial charge in [-0.1, -0.05) is 62.4 Å². The van der Waals surface area contributed by atoms with Gasteiger partial charge >= 0.3 is 6.09 Å². The smallest absolute Gasteiger partial charge is 0.407 e. The van der Waals surface area contributed by atoms with Crippen molar-refractivity contribution in [1.82, 2.24) is 45.4 Å². The van der Waals surface area contributed by atoms with Crippen molar-refractivity contribution >= 4 is 28.8 Å². The topological polar surface area (TPSA) is 191 Å². The molecule has 2 saturated heterocycles. The fraction of sp³-hybridized carbons (Fsp3) is 0.348. The molecule has 8 rings (SSSR count). The molecule has 0 aliphatic carbocycles. The number of fused-ring (bicyclic) bond motifs is 1. The summed E-state index contributed by atoms with van der Waals surface area (Å²) in [5.41, 5.74) is 5.15. The summed E-state index contributed by atoms with van der Waals surface area (Å²) in [6.45, 7) is 4.83. The number of H-pyrrole nitrogens is 2. The summed E-state index contributed by atoms with van der Waals surface area (Å²) < 4.78 is 25.7. The zero-order chi connectivity index (χ0) is 43.5. The normalized spacial score (nSPS) is 18.0. The first-order valence-corrected chi connectivity index (χ1v) is 20.8. The van der Waals surface area contributed by atoms with Crippen molar-refractivity contribution in [2.24, 2.45) is 5.92 Å². The van der Waals surface area contributed by atoms with Crippen LogP contribution in [0.5, 0.6) is 0 Å². The van der Waals surface area contributed by atoms with Crippen LogP contribution in [0.15, 0.2) is 91.3 Å². The Morgan fingerprint density at radius 1 is 0.823 bits per heavy atom. The number of carbonyl (C=O) groups excluding carboxylic acids is 3. The molecule has 5 unspecified atom stereocenters. The number of ether oxygens (including phenoxy) is 2. The van der Waals surface area contributed by atoms with E-state index < -0.39 is 30.4 Å². The first kappa shape index (κ1) is 42.2. The number of nitrogens with zero attached hydrogens (tertiary/aromatic N) is 5. The number of aromatic nitrogens is 5. The summed E-state index contributed by atoms with van der Waals surface area (Å²) in [7, 11) is 2.63. The van der Waals surface area contributed by atoms with Gasteiger partial charge < -0.3 is 39.7 Å². The summed E-state index contributed by atoms with van der Waals surface area (Å²) in [5, 5.41) is 16.6. The second-order valence-corrected chi connectivity index (χ2v) is 16.0. The maximum absolute atomic E-state index is 15.9. The predicted octanol–water partition coefficient (Wildman–Crippen LogP) is 6.78. The maximum Gasteiger partial charge on any atom is 0.407 e. The summed E-state index contributed by atoms with van der Waals surface area (Å²) in [6.07, 6.45) is 4.35. The highest BCUT2D eigenvalue weighted by atomic mass is 19.1. The Morgan fingerprint density at radius 3 is 2.15 bits per heavy atom. The average Bonchev–Trinajstić information content (AvgIpc) is 4.14. The van der Waals surface area contributed by atoms with E-state index >= 15 is 4.39 Å². The molecule has 16 heteroatoms. The summed E-state index contributed by atoms with van der Waals surface area (Å²) in [5.74, 6) is 0.248. The van der Waals surface area contributed by atoms with Crippen LogP contribution in [0.4, 0.5) is 9.18 Å². The van der Waals surface area contributed by atoms with Crippen molar-refractivity contribution < 1.29 is 33.4 Å². The number of amides is 3. The van der Waals surface area contributed by atoms with Crippen LogP contribution in [0, 0.1) is 11.7 Å². The van der Waals surface area contributed by atoms with E-state index in [1.165, 1.54) is 20.3 Å². The Bertz CT molecular complexity index is 2560. The number of nitrogens with one attached hydrogen (secondary N) is 4. The highest BCUT2D eigenvalue weighted by Crippen LogP contribution is 2.36. The third-order valence-electron chi connectivity index (χ3n) is 11.8. The van der Waals surface area contributed by atoms with Gasteiger partial charge in [0.2, 0.25) is 18.2 Å². The molecule has 3 amide bonds.